The molecule has 4 aromatic rings. The molecule has 3 nitrogen and oxygen atoms in total. The zero-order chi connectivity index (χ0) is 18.3. The van der Waals surface area contributed by atoms with Crippen molar-refractivity contribution in [3.05, 3.63) is 77.1 Å². The summed E-state index contributed by atoms with van der Waals surface area (Å²) in [7, 11) is 0. The van der Waals surface area contributed by atoms with Gasteiger partial charge < -0.3 is 0 Å². The molecule has 128 valence electrons. The van der Waals surface area contributed by atoms with Crippen LogP contribution < -0.4 is 0 Å². The van der Waals surface area contributed by atoms with Gasteiger partial charge >= 0.3 is 0 Å². The minimum Gasteiger partial charge on any atom is -0.258 e. The van der Waals surface area contributed by atoms with Crippen molar-refractivity contribution in [2.24, 2.45) is 0 Å². The molecule has 0 unspecified atom stereocenters. The van der Waals surface area contributed by atoms with E-state index in [-0.39, 0.29) is 0 Å². The predicted octanol–water partition coefficient (Wildman–Crippen LogP) is 5.59. The Kier molecular flexibility index (Phi) is 4.00. The zero-order valence-electron chi connectivity index (χ0n) is 15.5. The average molecular weight is 339 g/mol. The van der Waals surface area contributed by atoms with Gasteiger partial charge in [-0.3, -0.25) is 4.98 Å². The lowest BCUT2D eigenvalue weighted by Crippen LogP contribution is -1.99. The van der Waals surface area contributed by atoms with Gasteiger partial charge in [0.15, 0.2) is 5.82 Å². The summed E-state index contributed by atoms with van der Waals surface area (Å²) in [6.45, 7) is 8.28. The molecule has 0 saturated carbocycles. The Bertz CT molecular complexity index is 1090. The number of fused-ring (bicyclic) bond motifs is 1. The molecule has 0 bridgehead atoms. The highest BCUT2D eigenvalue weighted by Gasteiger charge is 2.15. The molecule has 0 aliphatic rings. The Balaban J connectivity index is 2.07. The van der Waals surface area contributed by atoms with Crippen LogP contribution in [0.5, 0.6) is 0 Å². The van der Waals surface area contributed by atoms with Gasteiger partial charge in [0.2, 0.25) is 0 Å². The summed E-state index contributed by atoms with van der Waals surface area (Å²) >= 11 is 0. The first-order valence-corrected chi connectivity index (χ1v) is 8.82. The Morgan fingerprint density at radius 2 is 1.31 bits per heavy atom. The summed E-state index contributed by atoms with van der Waals surface area (Å²) in [4.78, 5) is 14.3. The van der Waals surface area contributed by atoms with Gasteiger partial charge in [0.25, 0.3) is 0 Å². The smallest absolute Gasteiger partial charge is 0.160 e. The van der Waals surface area contributed by atoms with Crippen LogP contribution in [-0.2, 0) is 0 Å². The van der Waals surface area contributed by atoms with Crippen molar-refractivity contribution in [1.29, 1.82) is 0 Å². The fourth-order valence-corrected chi connectivity index (χ4v) is 3.55. The van der Waals surface area contributed by atoms with E-state index in [1.165, 1.54) is 16.7 Å². The van der Waals surface area contributed by atoms with E-state index >= 15 is 0 Å². The molecule has 26 heavy (non-hydrogen) atoms. The first kappa shape index (κ1) is 16.4. The number of pyridine rings is 1. The highest BCUT2D eigenvalue weighted by atomic mass is 14.9. The highest BCUT2D eigenvalue weighted by molar-refractivity contribution is 5.95. The molecule has 0 saturated heterocycles. The Hall–Kier alpha value is -3.07. The lowest BCUT2D eigenvalue weighted by Gasteiger charge is -2.14. The quantitative estimate of drug-likeness (QED) is 0.477. The monoisotopic (exact) mass is 339 g/mol. The third-order valence-corrected chi connectivity index (χ3v) is 4.66. The molecule has 0 N–H and O–H groups in total. The minimum absolute atomic E-state index is 0.745. The van der Waals surface area contributed by atoms with E-state index in [2.05, 4.69) is 49.2 Å². The van der Waals surface area contributed by atoms with Crippen molar-refractivity contribution in [2.45, 2.75) is 27.7 Å². The van der Waals surface area contributed by atoms with Crippen LogP contribution in [0.1, 0.15) is 22.5 Å². The fraction of sp³-hybridized carbons (Fsp3) is 0.174. The molecule has 0 spiro atoms. The van der Waals surface area contributed by atoms with Crippen LogP contribution in [0.25, 0.3) is 33.5 Å². The SMILES string of the molecule is Cc1cc(-c2nc(-c3c(C)cccc3C)c3ccccc3n2)cc(C)n1. The number of hydrogen-bond acceptors (Lipinski definition) is 3. The van der Waals surface area contributed by atoms with Crippen molar-refractivity contribution in [3.63, 3.8) is 0 Å². The lowest BCUT2D eigenvalue weighted by atomic mass is 9.97. The molecular weight excluding hydrogens is 318 g/mol. The van der Waals surface area contributed by atoms with E-state index in [4.69, 9.17) is 9.97 Å². The molecule has 2 aromatic heterocycles. The van der Waals surface area contributed by atoms with Gasteiger partial charge in [-0.1, -0.05) is 36.4 Å². The summed E-state index contributed by atoms with van der Waals surface area (Å²) in [6.07, 6.45) is 0. The first-order chi connectivity index (χ1) is 12.5. The third-order valence-electron chi connectivity index (χ3n) is 4.66. The molecule has 2 aromatic carbocycles. The van der Waals surface area contributed by atoms with Gasteiger partial charge in [0.05, 0.1) is 11.2 Å². The number of aryl methyl sites for hydroxylation is 4. The Morgan fingerprint density at radius 1 is 0.654 bits per heavy atom. The maximum atomic E-state index is 5.01. The molecule has 0 atom stereocenters. The van der Waals surface area contributed by atoms with Crippen LogP contribution in [0.4, 0.5) is 0 Å². The van der Waals surface area contributed by atoms with Crippen LogP contribution in [0, 0.1) is 27.7 Å². The Labute approximate surface area is 153 Å². The summed E-state index contributed by atoms with van der Waals surface area (Å²) < 4.78 is 0. The topological polar surface area (TPSA) is 38.7 Å². The molecule has 0 aliphatic carbocycles. The number of rotatable bonds is 2. The molecule has 0 aliphatic heterocycles. The molecule has 0 fully saturated rings. The van der Waals surface area contributed by atoms with Gasteiger partial charge in [0, 0.05) is 27.9 Å². The van der Waals surface area contributed by atoms with Crippen LogP contribution in [0.2, 0.25) is 0 Å². The zero-order valence-corrected chi connectivity index (χ0v) is 15.5. The molecule has 0 amide bonds. The van der Waals surface area contributed by atoms with Crippen LogP contribution in [0.15, 0.2) is 54.6 Å². The van der Waals surface area contributed by atoms with Crippen molar-refractivity contribution in [1.82, 2.24) is 15.0 Å². The van der Waals surface area contributed by atoms with Crippen molar-refractivity contribution in [2.75, 3.05) is 0 Å². The number of hydrogen-bond donors (Lipinski definition) is 0. The second-order valence-corrected chi connectivity index (χ2v) is 6.82. The number of benzene rings is 2. The van der Waals surface area contributed by atoms with Gasteiger partial charge in [-0.15, -0.1) is 0 Å². The standard InChI is InChI=1S/C23H21N3/c1-14-8-7-9-15(2)21(14)22-19-10-5-6-11-20(19)25-23(26-22)18-12-16(3)24-17(4)13-18/h5-13H,1-4H3. The maximum Gasteiger partial charge on any atom is 0.160 e. The van der Waals surface area contributed by atoms with Crippen LogP contribution in [-0.4, -0.2) is 15.0 Å². The lowest BCUT2D eigenvalue weighted by molar-refractivity contribution is 1.11. The van der Waals surface area contributed by atoms with E-state index in [0.717, 1.165) is 39.4 Å². The van der Waals surface area contributed by atoms with Gasteiger partial charge in [-0.2, -0.15) is 0 Å². The number of aromatic nitrogens is 3. The van der Waals surface area contributed by atoms with Gasteiger partial charge in [-0.25, -0.2) is 9.97 Å². The van der Waals surface area contributed by atoms with E-state index < -0.39 is 0 Å². The van der Waals surface area contributed by atoms with Gasteiger partial charge in [-0.05, 0) is 57.0 Å². The minimum atomic E-state index is 0.745. The molecule has 2 heterocycles. The van der Waals surface area contributed by atoms with E-state index in [9.17, 15) is 0 Å². The highest BCUT2D eigenvalue weighted by Crippen LogP contribution is 2.33. The van der Waals surface area contributed by atoms with E-state index in [1.54, 1.807) is 0 Å². The largest absolute Gasteiger partial charge is 0.258 e. The molecule has 4 rings (SSSR count). The van der Waals surface area contributed by atoms with Crippen molar-refractivity contribution < 1.29 is 0 Å². The average Bonchev–Trinajstić information content (AvgIpc) is 2.60. The summed E-state index contributed by atoms with van der Waals surface area (Å²) in [5.41, 5.74) is 8.55. The molecule has 3 heteroatoms. The fourth-order valence-electron chi connectivity index (χ4n) is 3.55. The Morgan fingerprint density at radius 3 is 2.00 bits per heavy atom. The predicted molar refractivity (Wildman–Crippen MR) is 107 cm³/mol. The maximum absolute atomic E-state index is 5.01. The third kappa shape index (κ3) is 2.86. The van der Waals surface area contributed by atoms with Gasteiger partial charge in [0.1, 0.15) is 0 Å². The van der Waals surface area contributed by atoms with Crippen LogP contribution >= 0.6 is 0 Å². The first-order valence-electron chi connectivity index (χ1n) is 8.82. The van der Waals surface area contributed by atoms with E-state index in [0.29, 0.717) is 0 Å². The summed E-state index contributed by atoms with van der Waals surface area (Å²) in [5, 5.41) is 1.08. The second kappa shape index (κ2) is 6.34. The number of nitrogens with zero attached hydrogens (tertiary/aromatic N) is 3. The molecular formula is C23H21N3. The molecule has 0 radical (unpaired) electrons. The van der Waals surface area contributed by atoms with E-state index in [1.807, 2.05) is 38.1 Å². The van der Waals surface area contributed by atoms with Crippen molar-refractivity contribution in [3.8, 4) is 22.6 Å². The van der Waals surface area contributed by atoms with Crippen molar-refractivity contribution >= 4 is 10.9 Å². The summed E-state index contributed by atoms with van der Waals surface area (Å²) in [6, 6.07) is 18.7. The van der Waals surface area contributed by atoms with Crippen LogP contribution in [0.3, 0.4) is 0 Å². The second-order valence-electron chi connectivity index (χ2n) is 6.82. The normalized spacial score (nSPS) is 11.1. The number of para-hydroxylation sites is 1. The summed E-state index contributed by atoms with van der Waals surface area (Å²) in [5.74, 6) is 0.745.